The number of benzene rings is 1. The van der Waals surface area contributed by atoms with Crippen molar-refractivity contribution < 1.29 is 14.6 Å². The molecule has 1 aliphatic rings. The number of ether oxygens (including phenoxy) is 1. The van der Waals surface area contributed by atoms with E-state index < -0.39 is 11.5 Å². The summed E-state index contributed by atoms with van der Waals surface area (Å²) in [7, 11) is 0. The molecule has 0 bridgehead atoms. The maximum atomic E-state index is 12.2. The van der Waals surface area contributed by atoms with Crippen LogP contribution in [0.15, 0.2) is 41.2 Å². The van der Waals surface area contributed by atoms with Gasteiger partial charge in [0.15, 0.2) is 0 Å². The third-order valence-electron chi connectivity index (χ3n) is 3.72. The van der Waals surface area contributed by atoms with Crippen LogP contribution in [-0.2, 0) is 13.0 Å². The van der Waals surface area contributed by atoms with E-state index in [1.807, 2.05) is 24.3 Å². The molecule has 1 atom stereocenters. The van der Waals surface area contributed by atoms with Crippen LogP contribution in [0.25, 0.3) is 0 Å². The average Bonchev–Trinajstić information content (AvgIpc) is 2.85. The lowest BCUT2D eigenvalue weighted by atomic mass is 10.1. The SMILES string of the molecule is Cc1ccc(C(=O)O)c(=O)n1CC1Cc2ccccc2O1. The normalized spacial score (nSPS) is 16.3. The van der Waals surface area contributed by atoms with E-state index in [1.54, 1.807) is 13.0 Å². The second-order valence-corrected chi connectivity index (χ2v) is 5.16. The van der Waals surface area contributed by atoms with Crippen molar-refractivity contribution >= 4 is 5.97 Å². The second-order valence-electron chi connectivity index (χ2n) is 5.16. The summed E-state index contributed by atoms with van der Waals surface area (Å²) in [5, 5.41) is 9.04. The summed E-state index contributed by atoms with van der Waals surface area (Å²) in [6.07, 6.45) is 0.571. The standard InChI is InChI=1S/C16H15NO4/c1-10-6-7-13(16(19)20)15(18)17(10)9-12-8-11-4-2-3-5-14(11)21-12/h2-7,12H,8-9H2,1H3,(H,19,20). The average molecular weight is 285 g/mol. The Labute approximate surface area is 121 Å². The monoisotopic (exact) mass is 285 g/mol. The number of pyridine rings is 1. The zero-order valence-corrected chi connectivity index (χ0v) is 11.6. The molecule has 0 spiro atoms. The smallest absolute Gasteiger partial charge is 0.341 e. The number of carboxylic acid groups (broad SMARTS) is 1. The Hall–Kier alpha value is -2.56. The van der Waals surface area contributed by atoms with E-state index in [0.717, 1.165) is 23.4 Å². The van der Waals surface area contributed by atoms with E-state index in [1.165, 1.54) is 10.6 Å². The van der Waals surface area contributed by atoms with E-state index in [2.05, 4.69) is 0 Å². The molecule has 5 heteroatoms. The first kappa shape index (κ1) is 13.4. The second kappa shape index (κ2) is 5.09. The van der Waals surface area contributed by atoms with Gasteiger partial charge in [0.25, 0.3) is 5.56 Å². The molecule has 108 valence electrons. The molecule has 0 saturated carbocycles. The number of rotatable bonds is 3. The van der Waals surface area contributed by atoms with Gasteiger partial charge in [-0.25, -0.2) is 4.79 Å². The molecule has 1 aliphatic heterocycles. The van der Waals surface area contributed by atoms with Crippen molar-refractivity contribution in [2.75, 3.05) is 0 Å². The highest BCUT2D eigenvalue weighted by Crippen LogP contribution is 2.28. The summed E-state index contributed by atoms with van der Waals surface area (Å²) in [4.78, 5) is 23.3. The van der Waals surface area contributed by atoms with Gasteiger partial charge in [-0.15, -0.1) is 0 Å². The number of fused-ring (bicyclic) bond motifs is 1. The highest BCUT2D eigenvalue weighted by Gasteiger charge is 2.24. The summed E-state index contributed by atoms with van der Waals surface area (Å²) in [6, 6.07) is 10.8. The topological polar surface area (TPSA) is 68.5 Å². The third kappa shape index (κ3) is 2.42. The number of hydrogen-bond donors (Lipinski definition) is 1. The van der Waals surface area contributed by atoms with Gasteiger partial charge >= 0.3 is 5.97 Å². The van der Waals surface area contributed by atoms with E-state index in [9.17, 15) is 9.59 Å². The number of carbonyl (C=O) groups is 1. The van der Waals surface area contributed by atoms with Crippen molar-refractivity contribution in [1.82, 2.24) is 4.57 Å². The van der Waals surface area contributed by atoms with Crippen LogP contribution in [-0.4, -0.2) is 21.7 Å². The summed E-state index contributed by atoms with van der Waals surface area (Å²) >= 11 is 0. The fraction of sp³-hybridized carbons (Fsp3) is 0.250. The zero-order valence-electron chi connectivity index (χ0n) is 11.6. The molecule has 1 aromatic carbocycles. The Bertz CT molecular complexity index is 738. The van der Waals surface area contributed by atoms with Crippen LogP contribution in [0, 0.1) is 6.92 Å². The number of aryl methyl sites for hydroxylation is 1. The number of hydrogen-bond acceptors (Lipinski definition) is 3. The molecule has 0 aliphatic carbocycles. The van der Waals surface area contributed by atoms with Crippen molar-refractivity contribution in [3.63, 3.8) is 0 Å². The van der Waals surface area contributed by atoms with Crippen LogP contribution in [0.2, 0.25) is 0 Å². The van der Waals surface area contributed by atoms with Crippen LogP contribution < -0.4 is 10.3 Å². The highest BCUT2D eigenvalue weighted by atomic mass is 16.5. The van der Waals surface area contributed by atoms with Gasteiger partial charge in [-0.1, -0.05) is 18.2 Å². The van der Waals surface area contributed by atoms with Crippen LogP contribution >= 0.6 is 0 Å². The first-order valence-electron chi connectivity index (χ1n) is 6.74. The lowest BCUT2D eigenvalue weighted by Gasteiger charge is -2.15. The molecule has 0 saturated heterocycles. The molecule has 0 amide bonds. The van der Waals surface area contributed by atoms with E-state index in [0.29, 0.717) is 6.54 Å². The van der Waals surface area contributed by atoms with Crippen molar-refractivity contribution in [2.24, 2.45) is 0 Å². The minimum Gasteiger partial charge on any atom is -0.488 e. The van der Waals surface area contributed by atoms with Crippen molar-refractivity contribution in [3.8, 4) is 5.75 Å². The Morgan fingerprint density at radius 2 is 2.10 bits per heavy atom. The summed E-state index contributed by atoms with van der Waals surface area (Å²) in [5.41, 5.74) is 1.14. The molecule has 0 fully saturated rings. The molecular formula is C16H15NO4. The maximum Gasteiger partial charge on any atom is 0.341 e. The molecule has 1 unspecified atom stereocenters. The predicted octanol–water partition coefficient (Wildman–Crippen LogP) is 1.86. The Balaban J connectivity index is 1.89. The lowest BCUT2D eigenvalue weighted by molar-refractivity contribution is 0.0693. The molecule has 5 nitrogen and oxygen atoms in total. The van der Waals surface area contributed by atoms with Crippen LogP contribution in [0.3, 0.4) is 0 Å². The minimum absolute atomic E-state index is 0.150. The zero-order chi connectivity index (χ0) is 15.0. The van der Waals surface area contributed by atoms with Gasteiger partial charge in [0, 0.05) is 12.1 Å². The maximum absolute atomic E-state index is 12.2. The third-order valence-corrected chi connectivity index (χ3v) is 3.72. The number of carboxylic acids is 1. The van der Waals surface area contributed by atoms with Gasteiger partial charge in [0.2, 0.25) is 0 Å². The summed E-state index contributed by atoms with van der Waals surface area (Å²) in [6.45, 7) is 2.13. The summed E-state index contributed by atoms with van der Waals surface area (Å²) < 4.78 is 7.29. The first-order chi connectivity index (χ1) is 10.1. The molecule has 21 heavy (non-hydrogen) atoms. The first-order valence-corrected chi connectivity index (χ1v) is 6.74. The summed E-state index contributed by atoms with van der Waals surface area (Å²) in [5.74, 6) is -0.369. The van der Waals surface area contributed by atoms with Gasteiger partial charge < -0.3 is 14.4 Å². The Morgan fingerprint density at radius 3 is 2.81 bits per heavy atom. The fourth-order valence-corrected chi connectivity index (χ4v) is 2.62. The van der Waals surface area contributed by atoms with Crippen LogP contribution in [0.1, 0.15) is 21.6 Å². The molecule has 2 heterocycles. The molecule has 3 rings (SSSR count). The van der Waals surface area contributed by atoms with Gasteiger partial charge in [0.1, 0.15) is 17.4 Å². The molecule has 0 radical (unpaired) electrons. The van der Waals surface area contributed by atoms with E-state index >= 15 is 0 Å². The predicted molar refractivity (Wildman–Crippen MR) is 77.0 cm³/mol. The molecule has 1 aromatic heterocycles. The van der Waals surface area contributed by atoms with Gasteiger partial charge in [-0.2, -0.15) is 0 Å². The van der Waals surface area contributed by atoms with Crippen LogP contribution in [0.5, 0.6) is 5.75 Å². The minimum atomic E-state index is -1.20. The van der Waals surface area contributed by atoms with Crippen molar-refractivity contribution in [2.45, 2.75) is 26.0 Å². The molecular weight excluding hydrogens is 270 g/mol. The molecule has 2 aromatic rings. The Kier molecular flexibility index (Phi) is 3.25. The van der Waals surface area contributed by atoms with Gasteiger partial charge in [-0.05, 0) is 30.7 Å². The quantitative estimate of drug-likeness (QED) is 0.934. The number of aromatic carboxylic acids is 1. The van der Waals surface area contributed by atoms with E-state index in [-0.39, 0.29) is 11.7 Å². The van der Waals surface area contributed by atoms with Crippen LogP contribution in [0.4, 0.5) is 0 Å². The van der Waals surface area contributed by atoms with Gasteiger partial charge in [-0.3, -0.25) is 4.79 Å². The Morgan fingerprint density at radius 1 is 1.33 bits per heavy atom. The molecule has 1 N–H and O–H groups in total. The van der Waals surface area contributed by atoms with E-state index in [4.69, 9.17) is 9.84 Å². The van der Waals surface area contributed by atoms with Crippen molar-refractivity contribution in [3.05, 3.63) is 63.6 Å². The number of aromatic nitrogens is 1. The fourth-order valence-electron chi connectivity index (χ4n) is 2.62. The number of para-hydroxylation sites is 1. The van der Waals surface area contributed by atoms with Gasteiger partial charge in [0.05, 0.1) is 6.54 Å². The lowest BCUT2D eigenvalue weighted by Crippen LogP contribution is -2.33. The highest BCUT2D eigenvalue weighted by molar-refractivity contribution is 5.87. The van der Waals surface area contributed by atoms with Crippen molar-refractivity contribution in [1.29, 1.82) is 0 Å². The largest absolute Gasteiger partial charge is 0.488 e. The number of nitrogens with zero attached hydrogens (tertiary/aromatic N) is 1.